The number of aromatic nitrogens is 7. The maximum atomic E-state index is 15.8. The van der Waals surface area contributed by atoms with Gasteiger partial charge >= 0.3 is 15.4 Å². The smallest absolute Gasteiger partial charge is 0.477 e. The molecule has 0 bridgehead atoms. The van der Waals surface area contributed by atoms with Gasteiger partial charge in [-0.2, -0.15) is 28.3 Å². The van der Waals surface area contributed by atoms with E-state index in [1.165, 1.54) is 40.0 Å². The van der Waals surface area contributed by atoms with Crippen LogP contribution in [0.4, 0.5) is 40.9 Å². The molecule has 1 fully saturated rings. The number of rotatable bonds is 21. The van der Waals surface area contributed by atoms with Gasteiger partial charge in [-0.3, -0.25) is 42.7 Å². The fraction of sp³-hybridized carbons (Fsp3) is 0.392. The number of carbonyl (C=O) groups is 2. The van der Waals surface area contributed by atoms with Gasteiger partial charge in [-0.1, -0.05) is 31.5 Å². The number of aryl methyl sites for hydroxylation is 2. The number of hydrogen-bond acceptors (Lipinski definition) is 13. The van der Waals surface area contributed by atoms with E-state index in [-0.39, 0.29) is 60.5 Å². The number of phosphoric acid groups is 1. The summed E-state index contributed by atoms with van der Waals surface area (Å²) in [5, 5.41) is 9.45. The lowest BCUT2D eigenvalue weighted by atomic mass is 9.78. The molecule has 2 aliphatic rings. The average molecular weight is 1280 g/mol. The number of alkyl halides is 6. The number of carbonyl (C=O) groups excluding carboxylic acids is 2. The first-order chi connectivity index (χ1) is 39.2. The van der Waals surface area contributed by atoms with E-state index >= 15 is 22.4 Å². The molecule has 2 aliphatic carbocycles. The zero-order valence-corrected chi connectivity index (χ0v) is 48.6. The Balaban J connectivity index is 1.23. The number of amides is 2. The molecule has 7 aromatic rings. The summed E-state index contributed by atoms with van der Waals surface area (Å²) in [5.41, 5.74) is -6.97. The Morgan fingerprint density at radius 2 is 1.66 bits per heavy atom. The van der Waals surface area contributed by atoms with Crippen LogP contribution in [0.2, 0.25) is 5.02 Å². The largest absolute Gasteiger partial charge is 0.524 e. The second kappa shape index (κ2) is 22.1. The monoisotopic (exact) mass is 1280 g/mol. The second-order valence-electron chi connectivity index (χ2n) is 21.5. The third kappa shape index (κ3) is 13.0. The van der Waals surface area contributed by atoms with E-state index in [0.717, 1.165) is 45.6 Å². The number of hydrogen-bond donors (Lipinski definition) is 5. The number of sulfonamides is 1. The van der Waals surface area contributed by atoms with Crippen molar-refractivity contribution in [3.05, 3.63) is 127 Å². The van der Waals surface area contributed by atoms with Crippen molar-refractivity contribution in [1.29, 1.82) is 0 Å². The van der Waals surface area contributed by atoms with Crippen molar-refractivity contribution in [1.82, 2.24) is 39.4 Å². The molecule has 85 heavy (non-hydrogen) atoms. The minimum absolute atomic E-state index is 0.114. The van der Waals surface area contributed by atoms with Crippen LogP contribution in [-0.2, 0) is 66.3 Å². The molecule has 0 aliphatic heterocycles. The maximum absolute atomic E-state index is 15.8. The highest BCUT2D eigenvalue weighted by atomic mass is 35.5. The van der Waals surface area contributed by atoms with Gasteiger partial charge in [0.1, 0.15) is 41.1 Å². The molecule has 1 saturated carbocycles. The number of phosphoric ester groups is 1. The first-order valence-electron chi connectivity index (χ1n) is 25.3. The molecule has 456 valence electrons. The van der Waals surface area contributed by atoms with E-state index in [1.54, 1.807) is 0 Å². The van der Waals surface area contributed by atoms with Crippen molar-refractivity contribution in [3.63, 3.8) is 0 Å². The number of anilines is 1. The number of pyridine rings is 1. The quantitative estimate of drug-likeness (QED) is 0.0332. The van der Waals surface area contributed by atoms with Crippen LogP contribution >= 0.6 is 27.0 Å². The zero-order valence-electron chi connectivity index (χ0n) is 45.2. The summed E-state index contributed by atoms with van der Waals surface area (Å²) in [6.45, 7) is 2.84. The Morgan fingerprint density at radius 3 is 2.27 bits per heavy atom. The van der Waals surface area contributed by atoms with Crippen molar-refractivity contribution in [2.75, 3.05) is 17.2 Å². The summed E-state index contributed by atoms with van der Waals surface area (Å²) in [5.74, 6) is -16.4. The molecular weight excluding hydrogens is 1230 g/mol. The summed E-state index contributed by atoms with van der Waals surface area (Å²) in [6.07, 6.45) is -6.36. The lowest BCUT2D eigenvalue weighted by Crippen LogP contribution is -2.40. The van der Waals surface area contributed by atoms with E-state index < -0.39 is 180 Å². The third-order valence-electron chi connectivity index (χ3n) is 14.1. The van der Waals surface area contributed by atoms with Gasteiger partial charge in [0, 0.05) is 60.9 Å². The highest BCUT2D eigenvalue weighted by molar-refractivity contribution is 7.92. The minimum atomic E-state index is -5.43. The van der Waals surface area contributed by atoms with Crippen LogP contribution in [-0.4, -0.2) is 92.7 Å². The lowest BCUT2D eigenvalue weighted by molar-refractivity contribution is -0.123. The van der Waals surface area contributed by atoms with E-state index in [4.69, 9.17) is 20.9 Å². The number of fused-ring (bicyclic) bond motifs is 5. The summed E-state index contributed by atoms with van der Waals surface area (Å²) < 4.78 is 183. The molecule has 4 heterocycles. The maximum Gasteiger partial charge on any atom is 0.524 e. The number of ether oxygens (including phenoxy) is 1. The Morgan fingerprint density at radius 1 is 0.988 bits per heavy atom. The summed E-state index contributed by atoms with van der Waals surface area (Å²) in [7, 11) is -14.1. The third-order valence-corrected chi connectivity index (χ3v) is 16.6. The van der Waals surface area contributed by atoms with Crippen molar-refractivity contribution in [2.45, 2.75) is 102 Å². The fourth-order valence-electron chi connectivity index (χ4n) is 10.9. The van der Waals surface area contributed by atoms with Gasteiger partial charge in [0.25, 0.3) is 17.9 Å². The number of benzene rings is 3. The van der Waals surface area contributed by atoms with Gasteiger partial charge in [-0.05, 0) is 79.3 Å². The molecule has 9 rings (SSSR count). The highest BCUT2D eigenvalue weighted by Gasteiger charge is 2.67. The molecule has 0 saturated heterocycles. The van der Waals surface area contributed by atoms with E-state index in [9.17, 15) is 64.3 Å². The molecule has 0 spiro atoms. The Hall–Kier alpha value is -6.85. The van der Waals surface area contributed by atoms with Gasteiger partial charge in [-0.15, -0.1) is 0 Å². The van der Waals surface area contributed by atoms with Crippen LogP contribution in [0, 0.1) is 24.5 Å². The van der Waals surface area contributed by atoms with Crippen LogP contribution in [0.1, 0.15) is 103 Å². The number of nitrogens with one attached hydrogen (secondary N) is 1. The highest BCUT2D eigenvalue weighted by Crippen LogP contribution is 2.68. The van der Waals surface area contributed by atoms with Gasteiger partial charge in [0.15, 0.2) is 11.5 Å². The molecular formula is C51H50ClF8N9O13P2S. The fourth-order valence-corrected chi connectivity index (χ4v) is 13.1. The topological polar surface area (TPSA) is 300 Å². The Bertz CT molecular complexity index is 4130. The normalized spacial score (nSPS) is 16.4. The summed E-state index contributed by atoms with van der Waals surface area (Å²) >= 11 is 6.88. The molecule has 3 aromatic carbocycles. The molecule has 2 amide bonds. The van der Waals surface area contributed by atoms with Crippen LogP contribution < -0.4 is 24.4 Å². The predicted molar refractivity (Wildman–Crippen MR) is 288 cm³/mol. The molecule has 0 unspecified atom stereocenters. The zero-order chi connectivity index (χ0) is 62.6. The first-order valence-corrected chi connectivity index (χ1v) is 30.9. The molecule has 5 N–H and O–H groups in total. The number of halogens is 9. The molecule has 3 atom stereocenters. The van der Waals surface area contributed by atoms with Crippen molar-refractivity contribution in [2.24, 2.45) is 13.0 Å². The molecule has 34 heteroatoms. The second-order valence-corrected chi connectivity index (χ2v) is 26.5. The minimum Gasteiger partial charge on any atom is -0.477 e. The molecule has 22 nitrogen and oxygen atoms in total. The Kier molecular flexibility index (Phi) is 16.3. The van der Waals surface area contributed by atoms with Crippen molar-refractivity contribution in [3.8, 4) is 17.3 Å². The van der Waals surface area contributed by atoms with E-state index in [2.05, 4.69) is 25.5 Å². The van der Waals surface area contributed by atoms with E-state index in [1.807, 2.05) is 0 Å². The first kappa shape index (κ1) is 62.7. The van der Waals surface area contributed by atoms with Crippen LogP contribution in [0.25, 0.3) is 27.6 Å². The standard InChI is InChI=1S/C51H50ClF8N9O13P2S/c1-23-13-25(22-83(73,74)75)40(34(14-23)82-84(76,77)78)49(2,3)20-37(71)69(85(6,79)80)47-39-31(52)8-9-33(42(39)66(5)65-47)68-46(63-45-28(48(68)72)7-10-36(62-45)81-12-11-50(4,57)58)32(17-24-15-26(53)18-27(54)16-24)61-35(70)21-67-43-38(41(64-67)44(55)56)29-19-30(29)51(43,59)60/h7-10,13-16,18,29-30,32,44H,11-12,17,19-22H2,1-6H3,(H,61,70)(H2,73,74,75)(H2,76,77,78)/t29-,30+,32-/m0/s1. The lowest BCUT2D eigenvalue weighted by Gasteiger charge is -2.31. The average Bonchev–Trinajstić information content (AvgIpc) is 1.55. The predicted octanol–water partition coefficient (Wildman–Crippen LogP) is 8.58. The Labute approximate surface area is 481 Å². The number of nitrogens with zero attached hydrogens (tertiary/aromatic N) is 8. The van der Waals surface area contributed by atoms with Crippen molar-refractivity contribution < 1.29 is 91.1 Å². The SMILES string of the molecule is Cc1cc(CP(=O)(O)O)c(C(C)(C)CC(=O)N(c2nn(C)c3c(-n4c([C@H](Cc5cc(F)cc(F)c5)NC(=O)Cn5nc(C(F)F)c6c5C(F)(F)[C@@H]5C[C@H]65)nc5nc(OCCC(C)(F)F)ccc5c4=O)ccc(Cl)c23)S(C)(=O)=O)c(OP(=O)(O)O)c1. The summed E-state index contributed by atoms with van der Waals surface area (Å²) in [4.78, 5) is 93.3. The summed E-state index contributed by atoms with van der Waals surface area (Å²) in [6, 6.07) is 7.23. The van der Waals surface area contributed by atoms with Gasteiger partial charge in [-0.25, -0.2) is 44.3 Å². The van der Waals surface area contributed by atoms with Gasteiger partial charge < -0.3 is 24.4 Å². The van der Waals surface area contributed by atoms with Crippen LogP contribution in [0.15, 0.2) is 59.4 Å². The van der Waals surface area contributed by atoms with Crippen LogP contribution in [0.5, 0.6) is 11.6 Å². The molecule has 4 aromatic heterocycles. The van der Waals surface area contributed by atoms with Gasteiger partial charge in [0.2, 0.25) is 33.6 Å². The van der Waals surface area contributed by atoms with Crippen molar-refractivity contribution >= 4 is 76.6 Å². The van der Waals surface area contributed by atoms with Crippen LogP contribution in [0.3, 0.4) is 0 Å². The van der Waals surface area contributed by atoms with E-state index in [0.29, 0.717) is 23.9 Å². The molecule has 0 radical (unpaired) electrons. The van der Waals surface area contributed by atoms with Gasteiger partial charge in [0.05, 0.1) is 52.1 Å².